The van der Waals surface area contributed by atoms with Crippen molar-refractivity contribution in [3.63, 3.8) is 0 Å². The first kappa shape index (κ1) is 25.5. The molecule has 0 spiro atoms. The van der Waals surface area contributed by atoms with E-state index in [1.54, 1.807) is 32.4 Å². The summed E-state index contributed by atoms with van der Waals surface area (Å²) in [6.45, 7) is 2.69. The van der Waals surface area contributed by atoms with Crippen LogP contribution in [-0.4, -0.2) is 55.6 Å². The Bertz CT molecular complexity index is 1220. The lowest BCUT2D eigenvalue weighted by Crippen LogP contribution is -2.57. The summed E-state index contributed by atoms with van der Waals surface area (Å²) in [6, 6.07) is 4.92. The van der Waals surface area contributed by atoms with Gasteiger partial charge in [-0.15, -0.1) is 0 Å². The van der Waals surface area contributed by atoms with E-state index in [0.717, 1.165) is 22.6 Å². The van der Waals surface area contributed by atoms with E-state index in [0.29, 0.717) is 17.5 Å². The Morgan fingerprint density at radius 1 is 1.17 bits per heavy atom. The highest BCUT2D eigenvalue weighted by Gasteiger charge is 2.47. The fourth-order valence-corrected chi connectivity index (χ4v) is 4.35. The average molecular weight is 508 g/mol. The maximum absolute atomic E-state index is 14.6. The fourth-order valence-electron chi connectivity index (χ4n) is 4.35. The first-order valence-corrected chi connectivity index (χ1v) is 11.3. The monoisotopic (exact) mass is 508 g/mol. The number of nitrogens with one attached hydrogen (secondary N) is 1. The van der Waals surface area contributed by atoms with E-state index in [-0.39, 0.29) is 18.1 Å². The summed E-state index contributed by atoms with van der Waals surface area (Å²) in [6.07, 6.45) is -1.02. The minimum atomic E-state index is -4.52. The molecule has 0 radical (unpaired) electrons. The molecule has 1 aliphatic heterocycles. The number of nitrogens with zero attached hydrogens (tertiary/aromatic N) is 5. The predicted octanol–water partition coefficient (Wildman–Crippen LogP) is 4.80. The minimum absolute atomic E-state index is 0.00333. The molecule has 0 aliphatic carbocycles. The number of halogens is 5. The SMILES string of the molecule is Cc1ccc(-c2cn(C)nc2C(=O)N2CC(F)(F)CC(C)C2CNc2ccc(C(F)(F)F)cn2)nc1. The zero-order valence-electron chi connectivity index (χ0n) is 19.9. The molecular formula is C24H25F5N6O. The van der Waals surface area contributed by atoms with Crippen molar-refractivity contribution in [3.05, 3.63) is 59.7 Å². The van der Waals surface area contributed by atoms with Crippen molar-refractivity contribution in [2.24, 2.45) is 13.0 Å². The Morgan fingerprint density at radius 2 is 1.92 bits per heavy atom. The highest BCUT2D eigenvalue weighted by atomic mass is 19.4. The van der Waals surface area contributed by atoms with Crippen LogP contribution in [0.3, 0.4) is 0 Å². The summed E-state index contributed by atoms with van der Waals surface area (Å²) in [5.74, 6) is -4.24. The first-order valence-electron chi connectivity index (χ1n) is 11.3. The Labute approximate surface area is 204 Å². The Kier molecular flexibility index (Phi) is 6.72. The molecule has 12 heteroatoms. The van der Waals surface area contributed by atoms with Gasteiger partial charge in [0.2, 0.25) is 0 Å². The van der Waals surface area contributed by atoms with E-state index in [2.05, 4.69) is 20.4 Å². The van der Waals surface area contributed by atoms with Crippen LogP contribution in [0.4, 0.5) is 27.8 Å². The molecule has 7 nitrogen and oxygen atoms in total. The Morgan fingerprint density at radius 3 is 2.53 bits per heavy atom. The highest BCUT2D eigenvalue weighted by molar-refractivity contribution is 5.98. The molecule has 0 aromatic carbocycles. The number of likely N-dealkylation sites (tertiary alicyclic amines) is 1. The number of carbonyl (C=O) groups excluding carboxylic acids is 1. The number of aromatic nitrogens is 4. The van der Waals surface area contributed by atoms with E-state index in [4.69, 9.17) is 0 Å². The van der Waals surface area contributed by atoms with Gasteiger partial charge >= 0.3 is 6.18 Å². The number of hydrogen-bond donors (Lipinski definition) is 1. The molecule has 0 saturated carbocycles. The van der Waals surface area contributed by atoms with Crippen LogP contribution in [0.2, 0.25) is 0 Å². The number of pyridine rings is 2. The standard InChI is InChI=1S/C24H25F5N6O/c1-14-4-6-18(30-9-14)17-12-34(3)33-21(17)22(36)35-13-23(25,26)8-15(2)19(35)11-32-20-7-5-16(10-31-20)24(27,28)29/h4-7,9-10,12,15,19H,8,11,13H2,1-3H3,(H,31,32). The van der Waals surface area contributed by atoms with Gasteiger partial charge in [-0.25, -0.2) is 13.8 Å². The molecule has 1 aliphatic rings. The number of rotatable bonds is 5. The molecule has 2 unspecified atom stereocenters. The number of amides is 1. The number of anilines is 1. The van der Waals surface area contributed by atoms with E-state index < -0.39 is 48.5 Å². The number of carbonyl (C=O) groups is 1. The summed E-state index contributed by atoms with van der Waals surface area (Å²) < 4.78 is 69.0. The normalized spacial score (nSPS) is 19.8. The number of alkyl halides is 5. The van der Waals surface area contributed by atoms with Crippen molar-refractivity contribution < 1.29 is 26.7 Å². The van der Waals surface area contributed by atoms with Crippen molar-refractivity contribution in [2.75, 3.05) is 18.4 Å². The van der Waals surface area contributed by atoms with Crippen LogP contribution in [0.5, 0.6) is 0 Å². The van der Waals surface area contributed by atoms with Crippen LogP contribution in [0, 0.1) is 12.8 Å². The number of aryl methyl sites for hydroxylation is 2. The largest absolute Gasteiger partial charge is 0.417 e. The quantitative estimate of drug-likeness (QED) is 0.501. The molecule has 3 aromatic rings. The highest BCUT2D eigenvalue weighted by Crippen LogP contribution is 2.36. The molecule has 1 amide bonds. The number of hydrogen-bond acceptors (Lipinski definition) is 5. The average Bonchev–Trinajstić information content (AvgIpc) is 3.19. The van der Waals surface area contributed by atoms with Crippen molar-refractivity contribution in [1.82, 2.24) is 24.6 Å². The lowest BCUT2D eigenvalue weighted by atomic mass is 9.88. The summed E-state index contributed by atoms with van der Waals surface area (Å²) in [5, 5.41) is 7.13. The third-order valence-electron chi connectivity index (χ3n) is 6.14. The second-order valence-electron chi connectivity index (χ2n) is 9.13. The number of piperidine rings is 1. The predicted molar refractivity (Wildman–Crippen MR) is 122 cm³/mol. The van der Waals surface area contributed by atoms with Gasteiger partial charge in [-0.1, -0.05) is 13.0 Å². The second-order valence-corrected chi connectivity index (χ2v) is 9.13. The maximum atomic E-state index is 14.6. The summed E-state index contributed by atoms with van der Waals surface area (Å²) in [4.78, 5) is 22.8. The maximum Gasteiger partial charge on any atom is 0.417 e. The molecule has 4 rings (SSSR count). The van der Waals surface area contributed by atoms with Gasteiger partial charge in [0.15, 0.2) is 5.69 Å². The molecule has 4 heterocycles. The summed E-state index contributed by atoms with van der Waals surface area (Å²) >= 11 is 0. The third kappa shape index (κ3) is 5.47. The van der Waals surface area contributed by atoms with Crippen LogP contribution in [-0.2, 0) is 13.2 Å². The van der Waals surface area contributed by atoms with Gasteiger partial charge in [0.1, 0.15) is 5.82 Å². The molecule has 3 aromatic heterocycles. The van der Waals surface area contributed by atoms with Crippen LogP contribution in [0.15, 0.2) is 42.9 Å². The van der Waals surface area contributed by atoms with Gasteiger partial charge in [0, 0.05) is 38.6 Å². The minimum Gasteiger partial charge on any atom is -0.368 e. The molecule has 1 fully saturated rings. The van der Waals surface area contributed by atoms with Crippen molar-refractivity contribution in [3.8, 4) is 11.3 Å². The zero-order valence-corrected chi connectivity index (χ0v) is 19.9. The third-order valence-corrected chi connectivity index (χ3v) is 6.14. The lowest BCUT2D eigenvalue weighted by molar-refractivity contribution is -0.137. The molecule has 2 atom stereocenters. The smallest absolute Gasteiger partial charge is 0.368 e. The van der Waals surface area contributed by atoms with Gasteiger partial charge in [0.05, 0.1) is 29.4 Å². The summed E-state index contributed by atoms with van der Waals surface area (Å²) in [7, 11) is 1.62. The van der Waals surface area contributed by atoms with Crippen LogP contribution in [0.25, 0.3) is 11.3 Å². The van der Waals surface area contributed by atoms with Gasteiger partial charge in [-0.3, -0.25) is 14.5 Å². The van der Waals surface area contributed by atoms with E-state index >= 15 is 0 Å². The summed E-state index contributed by atoms with van der Waals surface area (Å²) in [5.41, 5.74) is 0.917. The van der Waals surface area contributed by atoms with Gasteiger partial charge in [0.25, 0.3) is 11.8 Å². The van der Waals surface area contributed by atoms with E-state index in [9.17, 15) is 26.7 Å². The molecule has 0 bridgehead atoms. The van der Waals surface area contributed by atoms with Crippen molar-refractivity contribution in [1.29, 1.82) is 0 Å². The van der Waals surface area contributed by atoms with Crippen LogP contribution < -0.4 is 5.32 Å². The van der Waals surface area contributed by atoms with Gasteiger partial charge < -0.3 is 10.2 Å². The van der Waals surface area contributed by atoms with Gasteiger partial charge in [-0.05, 0) is 36.6 Å². The molecular weight excluding hydrogens is 483 g/mol. The molecule has 1 N–H and O–H groups in total. The second kappa shape index (κ2) is 9.47. The molecule has 36 heavy (non-hydrogen) atoms. The zero-order chi connectivity index (χ0) is 26.3. The fraction of sp³-hybridized carbons (Fsp3) is 0.417. The lowest BCUT2D eigenvalue weighted by Gasteiger charge is -2.43. The van der Waals surface area contributed by atoms with E-state index in [1.165, 1.54) is 4.68 Å². The molecule has 1 saturated heterocycles. The van der Waals surface area contributed by atoms with Crippen molar-refractivity contribution in [2.45, 2.75) is 38.4 Å². The van der Waals surface area contributed by atoms with Gasteiger partial charge in [-0.2, -0.15) is 18.3 Å². The van der Waals surface area contributed by atoms with E-state index in [1.807, 2.05) is 13.0 Å². The topological polar surface area (TPSA) is 75.9 Å². The first-order chi connectivity index (χ1) is 16.8. The van der Waals surface area contributed by atoms with Crippen LogP contribution in [0.1, 0.15) is 35.0 Å². The Hall–Kier alpha value is -3.57. The van der Waals surface area contributed by atoms with Crippen molar-refractivity contribution >= 4 is 11.7 Å². The van der Waals surface area contributed by atoms with Crippen LogP contribution >= 0.6 is 0 Å². The molecule has 192 valence electrons. The Balaban J connectivity index is 1.60.